The zero-order valence-corrected chi connectivity index (χ0v) is 5.54. The second kappa shape index (κ2) is 4.81. The Morgan fingerprint density at radius 1 is 1.80 bits per heavy atom. The van der Waals surface area contributed by atoms with Crippen molar-refractivity contribution in [2.45, 2.75) is 17.7 Å². The molecule has 0 atom stereocenters. The van der Waals surface area contributed by atoms with Gasteiger partial charge in [0.1, 0.15) is 0 Å². The Balaban J connectivity index is 2.19. The molecule has 0 saturated heterocycles. The molecule has 0 saturated carbocycles. The van der Waals surface area contributed by atoms with Gasteiger partial charge in [-0.1, -0.05) is 0 Å². The molecule has 0 N–H and O–H groups in total. The molecule has 26 valence electrons. The summed E-state index contributed by atoms with van der Waals surface area (Å²) < 4.78 is 1.48. The number of rotatable bonds is 2. The van der Waals surface area contributed by atoms with Crippen molar-refractivity contribution in [3.05, 3.63) is 0 Å². The maximum atomic E-state index is 2.27. The molecule has 5 heavy (non-hydrogen) atoms. The molecule has 0 radical (unpaired) electrons. The molecule has 0 nitrogen and oxygen atoms in total. The zero-order valence-electron chi connectivity index (χ0n) is 4.12. The predicted molar refractivity (Wildman–Crippen MR) is 29.6 cm³/mol. The van der Waals surface area contributed by atoms with E-state index in [1.165, 1.54) is 10.8 Å². The van der Waals surface area contributed by atoms with E-state index in [1.807, 2.05) is 0 Å². The van der Waals surface area contributed by atoms with Gasteiger partial charge in [-0.25, -0.2) is 0 Å². The van der Waals surface area contributed by atoms with Gasteiger partial charge in [0, 0.05) is 0 Å². The van der Waals surface area contributed by atoms with Crippen molar-refractivity contribution < 1.29 is 0 Å². The molecule has 0 bridgehead atoms. The van der Waals surface area contributed by atoms with Crippen LogP contribution in [-0.2, 0) is 0 Å². The summed E-state index contributed by atoms with van der Waals surface area (Å²) in [6, 6.07) is 1.48. The Kier molecular flexibility index (Phi) is 5.60. The summed E-state index contributed by atoms with van der Waals surface area (Å²) in [6.07, 6.45) is 0. The van der Waals surface area contributed by atoms with Crippen LogP contribution in [0.2, 0.25) is 10.8 Å². The molecule has 0 aromatic heterocycles. The first-order valence-corrected chi connectivity index (χ1v) is 4.41. The molecule has 0 fully saturated rings. The second-order valence-electron chi connectivity index (χ2n) is 1.35. The van der Waals surface area contributed by atoms with E-state index in [-0.39, 0.29) is 0 Å². The van der Waals surface area contributed by atoms with Crippen LogP contribution in [0.4, 0.5) is 0 Å². The minimum absolute atomic E-state index is 0.432. The van der Waals surface area contributed by atoms with Crippen LogP contribution in [0.5, 0.6) is 0 Å². The van der Waals surface area contributed by atoms with Gasteiger partial charge >= 0.3 is 44.9 Å². The molecule has 0 aromatic rings. The third-order valence-electron chi connectivity index (χ3n) is 0.707. The van der Waals surface area contributed by atoms with E-state index in [4.69, 9.17) is 0 Å². The monoisotopic (exact) mass is 80.1 g/mol. The number of hydrogen-bond donors (Lipinski definition) is 0. The van der Waals surface area contributed by atoms with Gasteiger partial charge in [-0.05, 0) is 0 Å². The first-order chi connectivity index (χ1) is 2.41. The van der Waals surface area contributed by atoms with Crippen molar-refractivity contribution in [3.8, 4) is 0 Å². The topological polar surface area (TPSA) is 0 Å². The Hall–Kier alpha value is 0.814. The van der Waals surface area contributed by atoms with Gasteiger partial charge in [0.2, 0.25) is 0 Å². The van der Waals surface area contributed by atoms with Crippen LogP contribution in [0.15, 0.2) is 0 Å². The fourth-order valence-corrected chi connectivity index (χ4v) is 1.06. The summed E-state index contributed by atoms with van der Waals surface area (Å²) in [5, 5.41) is 0. The first-order valence-electron chi connectivity index (χ1n) is 2.41. The summed E-state index contributed by atoms with van der Waals surface area (Å²) in [4.78, 5) is 0. The van der Waals surface area contributed by atoms with E-state index in [1.54, 1.807) is 0 Å². The summed E-state index contributed by atoms with van der Waals surface area (Å²) >= 11 is 2.27. The zero-order chi connectivity index (χ0) is 4.12. The van der Waals surface area contributed by atoms with E-state index in [0.29, 0.717) is 9.52 Å². The Bertz CT molecular complexity index is 14.4. The van der Waals surface area contributed by atoms with Crippen LogP contribution < -0.4 is 0 Å². The summed E-state index contributed by atoms with van der Waals surface area (Å²) in [5.41, 5.74) is 0. The van der Waals surface area contributed by atoms with E-state index >= 15 is 0 Å². The van der Waals surface area contributed by atoms with Crippen molar-refractivity contribution in [2.24, 2.45) is 0 Å². The van der Waals surface area contributed by atoms with Gasteiger partial charge in [-0.15, -0.1) is 0 Å². The van der Waals surface area contributed by atoms with Gasteiger partial charge in [0.05, 0.1) is 0 Å². The molecule has 0 unspecified atom stereocenters. The first kappa shape index (κ1) is 5.81. The Morgan fingerprint density at radius 2 is 2.40 bits per heavy atom. The predicted octanol–water partition coefficient (Wildman–Crippen LogP) is 0.138. The van der Waals surface area contributed by atoms with Crippen molar-refractivity contribution in [3.63, 3.8) is 0 Å². The van der Waals surface area contributed by atoms with Crippen LogP contribution >= 0.6 is 0 Å². The van der Waals surface area contributed by atoms with Crippen molar-refractivity contribution in [2.75, 3.05) is 0 Å². The normalized spacial score (nSPS) is 11.0. The van der Waals surface area contributed by atoms with E-state index in [9.17, 15) is 0 Å². The standard InChI is InChI=1S/C3H9Si.Li/c1-3-4-2;/h2-4H2,1H3;. The van der Waals surface area contributed by atoms with Crippen molar-refractivity contribution in [1.29, 1.82) is 0 Å². The van der Waals surface area contributed by atoms with Crippen LogP contribution in [0.3, 0.4) is 0 Å². The van der Waals surface area contributed by atoms with Gasteiger partial charge in [0.15, 0.2) is 0 Å². The average molecular weight is 80.1 g/mol. The molecule has 2 heteroatoms. The Morgan fingerprint density at radius 3 is 2.40 bits per heavy atom. The summed E-state index contributed by atoms with van der Waals surface area (Å²) in [7, 11) is 0.432. The van der Waals surface area contributed by atoms with Crippen LogP contribution in [-0.4, -0.2) is 27.2 Å². The summed E-state index contributed by atoms with van der Waals surface area (Å²) in [5.74, 6) is 0. The average Bonchev–Trinajstić information content (AvgIpc) is 1.41. The molecular formula is C3H9LiSi. The summed E-state index contributed by atoms with van der Waals surface area (Å²) in [6.45, 7) is 2.27. The molecule has 0 aliphatic heterocycles. The van der Waals surface area contributed by atoms with Gasteiger partial charge in [-0.3, -0.25) is 0 Å². The SMILES string of the molecule is [Li][CH2][SiH2]CC. The molecule has 0 aliphatic rings. The van der Waals surface area contributed by atoms with E-state index < -0.39 is 0 Å². The van der Waals surface area contributed by atoms with Crippen LogP contribution in [0.25, 0.3) is 0 Å². The molecule has 0 spiro atoms. The quantitative estimate of drug-likeness (QED) is 0.414. The van der Waals surface area contributed by atoms with Crippen LogP contribution in [0.1, 0.15) is 6.92 Å². The minimum atomic E-state index is 0.432. The van der Waals surface area contributed by atoms with E-state index in [0.717, 1.165) is 0 Å². The molecular weight excluding hydrogens is 71.1 g/mol. The fraction of sp³-hybridized carbons (Fsp3) is 1.00. The maximum absolute atomic E-state index is 2.27. The fourth-order valence-electron chi connectivity index (χ4n) is 0.354. The van der Waals surface area contributed by atoms with Crippen molar-refractivity contribution in [1.82, 2.24) is 0 Å². The molecule has 0 aromatic carbocycles. The number of hydrogen-bond acceptors (Lipinski definition) is 0. The molecule has 0 amide bonds. The Labute approximate surface area is 45.4 Å². The van der Waals surface area contributed by atoms with E-state index in [2.05, 4.69) is 24.6 Å². The molecule has 0 heterocycles. The molecule has 0 rings (SSSR count). The van der Waals surface area contributed by atoms with Gasteiger partial charge < -0.3 is 0 Å². The third kappa shape index (κ3) is 4.81. The third-order valence-corrected chi connectivity index (χ3v) is 2.12. The molecule has 0 aliphatic carbocycles. The van der Waals surface area contributed by atoms with Gasteiger partial charge in [0.25, 0.3) is 0 Å². The second-order valence-corrected chi connectivity index (χ2v) is 4.06. The van der Waals surface area contributed by atoms with Gasteiger partial charge in [-0.2, -0.15) is 0 Å². The van der Waals surface area contributed by atoms with Crippen molar-refractivity contribution >= 4 is 27.2 Å². The van der Waals surface area contributed by atoms with Crippen LogP contribution in [0, 0.1) is 0 Å².